The van der Waals surface area contributed by atoms with Gasteiger partial charge in [-0.25, -0.2) is 4.79 Å². The number of fused-ring (bicyclic) bond motifs is 1. The van der Waals surface area contributed by atoms with Crippen LogP contribution in [0.1, 0.15) is 33.1 Å². The molecule has 0 radical (unpaired) electrons. The molecule has 27 heavy (non-hydrogen) atoms. The number of hydrogen-bond donors (Lipinski definition) is 1. The van der Waals surface area contributed by atoms with Crippen molar-refractivity contribution in [3.63, 3.8) is 0 Å². The van der Waals surface area contributed by atoms with E-state index in [0.29, 0.717) is 29.9 Å². The Kier molecular flexibility index (Phi) is 6.11. The minimum Gasteiger partial charge on any atom is -0.376 e. The lowest BCUT2D eigenvalue weighted by molar-refractivity contribution is -0.122. The van der Waals surface area contributed by atoms with Crippen molar-refractivity contribution in [2.24, 2.45) is 5.92 Å². The van der Waals surface area contributed by atoms with Crippen LogP contribution < -0.4 is 16.6 Å². The first-order valence-corrected chi connectivity index (χ1v) is 9.58. The molecule has 0 unspecified atom stereocenters. The first kappa shape index (κ1) is 19.4. The molecule has 1 saturated heterocycles. The van der Waals surface area contributed by atoms with Gasteiger partial charge in [0.25, 0.3) is 5.56 Å². The molecule has 3 rings (SSSR count). The van der Waals surface area contributed by atoms with E-state index < -0.39 is 5.69 Å². The van der Waals surface area contributed by atoms with Crippen molar-refractivity contribution in [2.75, 3.05) is 13.2 Å². The van der Waals surface area contributed by atoms with Crippen LogP contribution in [0, 0.1) is 5.92 Å². The summed E-state index contributed by atoms with van der Waals surface area (Å²) < 4.78 is 8.14. The number of hydrogen-bond acceptors (Lipinski definition) is 4. The number of carbonyl (C=O) groups excluding carboxylic acids is 1. The average Bonchev–Trinajstić information content (AvgIpc) is 3.17. The molecule has 2 aromatic rings. The number of aromatic nitrogens is 2. The maximum Gasteiger partial charge on any atom is 0.331 e. The van der Waals surface area contributed by atoms with Crippen molar-refractivity contribution in [2.45, 2.75) is 52.3 Å². The second-order valence-corrected chi connectivity index (χ2v) is 7.46. The molecule has 1 atom stereocenters. The number of ether oxygens (including phenoxy) is 1. The predicted octanol–water partition coefficient (Wildman–Crippen LogP) is 1.50. The number of para-hydroxylation sites is 1. The van der Waals surface area contributed by atoms with Crippen molar-refractivity contribution in [1.29, 1.82) is 0 Å². The lowest BCUT2D eigenvalue weighted by Gasteiger charge is -2.15. The van der Waals surface area contributed by atoms with Gasteiger partial charge in [0, 0.05) is 19.7 Å². The molecule has 7 heteroatoms. The first-order chi connectivity index (χ1) is 13.0. The minimum absolute atomic E-state index is 0.0439. The van der Waals surface area contributed by atoms with Crippen molar-refractivity contribution in [3.8, 4) is 0 Å². The zero-order valence-electron chi connectivity index (χ0n) is 15.9. The van der Waals surface area contributed by atoms with Gasteiger partial charge in [-0.2, -0.15) is 0 Å². The van der Waals surface area contributed by atoms with Crippen LogP contribution in [0.3, 0.4) is 0 Å². The Morgan fingerprint density at radius 1 is 1.26 bits per heavy atom. The monoisotopic (exact) mass is 373 g/mol. The highest BCUT2D eigenvalue weighted by molar-refractivity contribution is 5.81. The molecule has 2 heterocycles. The van der Waals surface area contributed by atoms with Crippen molar-refractivity contribution in [1.82, 2.24) is 14.5 Å². The number of nitrogens with zero attached hydrogens (tertiary/aromatic N) is 2. The number of rotatable bonds is 7. The minimum atomic E-state index is -0.438. The van der Waals surface area contributed by atoms with Gasteiger partial charge in [-0.15, -0.1) is 0 Å². The molecule has 0 aliphatic carbocycles. The quantitative estimate of drug-likeness (QED) is 0.797. The normalized spacial score (nSPS) is 16.9. The van der Waals surface area contributed by atoms with Gasteiger partial charge in [0.15, 0.2) is 0 Å². The summed E-state index contributed by atoms with van der Waals surface area (Å²) in [7, 11) is 0. The van der Waals surface area contributed by atoms with Crippen LogP contribution in [0.25, 0.3) is 10.9 Å². The van der Waals surface area contributed by atoms with E-state index in [9.17, 15) is 14.4 Å². The van der Waals surface area contributed by atoms with E-state index in [1.807, 2.05) is 13.8 Å². The highest BCUT2D eigenvalue weighted by atomic mass is 16.5. The lowest BCUT2D eigenvalue weighted by atomic mass is 10.1. The number of carbonyl (C=O) groups is 1. The zero-order valence-corrected chi connectivity index (χ0v) is 15.9. The van der Waals surface area contributed by atoms with E-state index in [2.05, 4.69) is 5.32 Å². The molecule has 7 nitrogen and oxygen atoms in total. The molecule has 0 saturated carbocycles. The maximum atomic E-state index is 12.9. The third-order valence-corrected chi connectivity index (χ3v) is 4.91. The Morgan fingerprint density at radius 2 is 2.04 bits per heavy atom. The number of nitrogens with one attached hydrogen (secondary N) is 1. The Bertz CT molecular complexity index is 923. The van der Waals surface area contributed by atoms with E-state index >= 15 is 0 Å². The van der Waals surface area contributed by atoms with E-state index in [0.717, 1.165) is 25.9 Å². The predicted molar refractivity (Wildman–Crippen MR) is 104 cm³/mol. The molecule has 1 amide bonds. The van der Waals surface area contributed by atoms with E-state index in [1.165, 1.54) is 9.13 Å². The third-order valence-electron chi connectivity index (χ3n) is 4.91. The van der Waals surface area contributed by atoms with Gasteiger partial charge in [-0.05, 0) is 37.3 Å². The fourth-order valence-corrected chi connectivity index (χ4v) is 3.34. The van der Waals surface area contributed by atoms with Crippen molar-refractivity contribution < 1.29 is 9.53 Å². The van der Waals surface area contributed by atoms with Crippen LogP contribution >= 0.6 is 0 Å². The van der Waals surface area contributed by atoms with Gasteiger partial charge in [0.1, 0.15) is 6.54 Å². The highest BCUT2D eigenvalue weighted by Crippen LogP contribution is 2.11. The van der Waals surface area contributed by atoms with Crippen LogP contribution in [-0.2, 0) is 22.6 Å². The topological polar surface area (TPSA) is 82.3 Å². The maximum absolute atomic E-state index is 12.9. The first-order valence-electron chi connectivity index (χ1n) is 9.58. The van der Waals surface area contributed by atoms with Gasteiger partial charge in [0.2, 0.25) is 5.91 Å². The van der Waals surface area contributed by atoms with Crippen LogP contribution in [0.4, 0.5) is 0 Å². The summed E-state index contributed by atoms with van der Waals surface area (Å²) in [5.41, 5.74) is -0.251. The van der Waals surface area contributed by atoms with Gasteiger partial charge >= 0.3 is 5.69 Å². The van der Waals surface area contributed by atoms with Crippen molar-refractivity contribution >= 4 is 16.8 Å². The zero-order chi connectivity index (χ0) is 19.4. The molecule has 1 aliphatic heterocycles. The summed E-state index contributed by atoms with van der Waals surface area (Å²) in [4.78, 5) is 38.1. The molecule has 1 aliphatic rings. The fraction of sp³-hybridized carbons (Fsp3) is 0.550. The fourth-order valence-electron chi connectivity index (χ4n) is 3.34. The molecular weight excluding hydrogens is 346 g/mol. The Morgan fingerprint density at radius 3 is 2.74 bits per heavy atom. The summed E-state index contributed by atoms with van der Waals surface area (Å²) in [5.74, 6) is 0.109. The summed E-state index contributed by atoms with van der Waals surface area (Å²) in [6.45, 7) is 5.49. The van der Waals surface area contributed by atoms with Crippen LogP contribution in [0.5, 0.6) is 0 Å². The standard InChI is InChI=1S/C20H27N3O4/c1-14(2)9-10-22-19(25)16-7-3-4-8-17(16)23(20(22)26)13-18(24)21-12-15-6-5-11-27-15/h3-4,7-8,14-15H,5-6,9-13H2,1-2H3,(H,21,24)/t15-/m0/s1. The third kappa shape index (κ3) is 4.47. The molecule has 1 aromatic carbocycles. The Hall–Kier alpha value is -2.41. The van der Waals surface area contributed by atoms with Crippen LogP contribution in [0.15, 0.2) is 33.9 Å². The molecule has 146 valence electrons. The van der Waals surface area contributed by atoms with E-state index in [-0.39, 0.29) is 24.1 Å². The second-order valence-electron chi connectivity index (χ2n) is 7.46. The van der Waals surface area contributed by atoms with Crippen molar-refractivity contribution in [3.05, 3.63) is 45.1 Å². The summed E-state index contributed by atoms with van der Waals surface area (Å²) in [6.07, 6.45) is 2.70. The van der Waals surface area contributed by atoms with Gasteiger partial charge in [0.05, 0.1) is 17.0 Å². The molecule has 1 fully saturated rings. The molecular formula is C20H27N3O4. The molecule has 0 spiro atoms. The molecule has 0 bridgehead atoms. The SMILES string of the molecule is CC(C)CCn1c(=O)c2ccccc2n(CC(=O)NC[C@@H]2CCCO2)c1=O. The van der Waals surface area contributed by atoms with Gasteiger partial charge in [-0.1, -0.05) is 26.0 Å². The smallest absolute Gasteiger partial charge is 0.331 e. The largest absolute Gasteiger partial charge is 0.376 e. The summed E-state index contributed by atoms with van der Waals surface area (Å²) in [6, 6.07) is 6.94. The molecule has 1 N–H and O–H groups in total. The number of benzene rings is 1. The average molecular weight is 373 g/mol. The van der Waals surface area contributed by atoms with Crippen LogP contribution in [0.2, 0.25) is 0 Å². The van der Waals surface area contributed by atoms with Crippen LogP contribution in [-0.4, -0.2) is 34.3 Å². The number of amides is 1. The van der Waals surface area contributed by atoms with Gasteiger partial charge in [-0.3, -0.25) is 18.7 Å². The molecule has 1 aromatic heterocycles. The Labute approximate surface area is 157 Å². The summed E-state index contributed by atoms with van der Waals surface area (Å²) >= 11 is 0. The Balaban J connectivity index is 1.89. The van der Waals surface area contributed by atoms with Gasteiger partial charge < -0.3 is 10.1 Å². The summed E-state index contributed by atoms with van der Waals surface area (Å²) in [5, 5.41) is 3.29. The second kappa shape index (κ2) is 8.52. The highest BCUT2D eigenvalue weighted by Gasteiger charge is 2.18. The van der Waals surface area contributed by atoms with E-state index in [1.54, 1.807) is 24.3 Å². The van der Waals surface area contributed by atoms with E-state index in [4.69, 9.17) is 4.74 Å². The lowest BCUT2D eigenvalue weighted by Crippen LogP contribution is -2.43.